The van der Waals surface area contributed by atoms with Gasteiger partial charge in [0.2, 0.25) is 0 Å². The Balaban J connectivity index is 1.87. The van der Waals surface area contributed by atoms with Crippen LogP contribution in [0.2, 0.25) is 0 Å². The van der Waals surface area contributed by atoms with E-state index in [0.29, 0.717) is 12.2 Å². The van der Waals surface area contributed by atoms with Crippen molar-refractivity contribution in [2.24, 2.45) is 5.92 Å². The number of esters is 1. The van der Waals surface area contributed by atoms with E-state index in [9.17, 15) is 4.79 Å². The standard InChI is InChI=1S/C17H27NO3S/c1-4-5-6-7-8-9-11-20-17(13(2)3)18-15-14(10-12-22-15)16(19)21-17/h10,12-13,18H,4-9,11H2,1-3H3. The molecular weight excluding hydrogens is 298 g/mol. The molecule has 0 saturated heterocycles. The van der Waals surface area contributed by atoms with Crippen LogP contribution >= 0.6 is 11.3 Å². The predicted octanol–water partition coefficient (Wildman–Crippen LogP) is 5.02. The van der Waals surface area contributed by atoms with Crippen molar-refractivity contribution in [3.63, 3.8) is 0 Å². The Labute approximate surface area is 137 Å². The first-order valence-corrected chi connectivity index (χ1v) is 9.20. The van der Waals surface area contributed by atoms with Crippen molar-refractivity contribution in [2.75, 3.05) is 11.9 Å². The van der Waals surface area contributed by atoms with Crippen LogP contribution in [0.25, 0.3) is 0 Å². The maximum absolute atomic E-state index is 12.1. The minimum Gasteiger partial charge on any atom is -0.410 e. The lowest BCUT2D eigenvalue weighted by Crippen LogP contribution is -2.52. The predicted molar refractivity (Wildman–Crippen MR) is 90.3 cm³/mol. The molecule has 124 valence electrons. The molecule has 0 saturated carbocycles. The van der Waals surface area contributed by atoms with Crippen molar-refractivity contribution in [2.45, 2.75) is 65.2 Å². The van der Waals surface area contributed by atoms with Gasteiger partial charge >= 0.3 is 5.97 Å². The maximum Gasteiger partial charge on any atom is 0.345 e. The summed E-state index contributed by atoms with van der Waals surface area (Å²) in [6.45, 7) is 6.82. The Morgan fingerprint density at radius 2 is 2.00 bits per heavy atom. The molecule has 22 heavy (non-hydrogen) atoms. The molecule has 2 heterocycles. The highest BCUT2D eigenvalue weighted by atomic mass is 32.1. The first-order valence-electron chi connectivity index (χ1n) is 8.32. The van der Waals surface area contributed by atoms with Gasteiger partial charge < -0.3 is 14.8 Å². The van der Waals surface area contributed by atoms with Crippen molar-refractivity contribution in [3.8, 4) is 0 Å². The van der Waals surface area contributed by atoms with Gasteiger partial charge in [0.1, 0.15) is 5.00 Å². The largest absolute Gasteiger partial charge is 0.410 e. The van der Waals surface area contributed by atoms with Crippen LogP contribution in [-0.2, 0) is 9.47 Å². The summed E-state index contributed by atoms with van der Waals surface area (Å²) in [5, 5.41) is 6.02. The van der Waals surface area contributed by atoms with Crippen molar-refractivity contribution < 1.29 is 14.3 Å². The lowest BCUT2D eigenvalue weighted by atomic mass is 10.1. The third kappa shape index (κ3) is 4.02. The van der Waals surface area contributed by atoms with E-state index in [4.69, 9.17) is 9.47 Å². The van der Waals surface area contributed by atoms with Gasteiger partial charge in [0.05, 0.1) is 12.2 Å². The van der Waals surface area contributed by atoms with E-state index in [2.05, 4.69) is 12.2 Å². The highest BCUT2D eigenvalue weighted by Crippen LogP contribution is 2.37. The van der Waals surface area contributed by atoms with Crippen molar-refractivity contribution >= 4 is 22.3 Å². The van der Waals surface area contributed by atoms with Gasteiger partial charge in [-0.25, -0.2) is 4.79 Å². The molecular formula is C17H27NO3S. The van der Waals surface area contributed by atoms with E-state index < -0.39 is 5.91 Å². The van der Waals surface area contributed by atoms with Gasteiger partial charge in [-0.3, -0.25) is 0 Å². The van der Waals surface area contributed by atoms with Gasteiger partial charge in [-0.15, -0.1) is 11.3 Å². The number of ether oxygens (including phenoxy) is 2. The lowest BCUT2D eigenvalue weighted by Gasteiger charge is -2.40. The Morgan fingerprint density at radius 1 is 1.27 bits per heavy atom. The highest BCUT2D eigenvalue weighted by molar-refractivity contribution is 7.14. The average Bonchev–Trinajstić information content (AvgIpc) is 2.95. The Kier molecular flexibility index (Phi) is 6.26. The summed E-state index contributed by atoms with van der Waals surface area (Å²) in [6.07, 6.45) is 7.25. The van der Waals surface area contributed by atoms with E-state index in [1.54, 1.807) is 6.07 Å². The summed E-state index contributed by atoms with van der Waals surface area (Å²) in [5.74, 6) is -1.29. The van der Waals surface area contributed by atoms with Crippen LogP contribution in [0.4, 0.5) is 5.00 Å². The van der Waals surface area contributed by atoms with E-state index in [1.807, 2.05) is 19.2 Å². The third-order valence-corrected chi connectivity index (χ3v) is 4.82. The molecule has 4 nitrogen and oxygen atoms in total. The SMILES string of the molecule is CCCCCCCCOC1(C(C)C)Nc2sccc2C(=O)O1. The Bertz CT molecular complexity index is 486. The number of cyclic esters (lactones) is 1. The van der Waals surface area contributed by atoms with E-state index in [1.165, 1.54) is 37.0 Å². The van der Waals surface area contributed by atoms with E-state index in [0.717, 1.165) is 17.8 Å². The number of fused-ring (bicyclic) bond motifs is 1. The molecule has 0 bridgehead atoms. The fraction of sp³-hybridized carbons (Fsp3) is 0.706. The fourth-order valence-corrected chi connectivity index (χ4v) is 3.36. The van der Waals surface area contributed by atoms with Crippen LogP contribution in [0.15, 0.2) is 11.4 Å². The molecule has 0 spiro atoms. The summed E-state index contributed by atoms with van der Waals surface area (Å²) in [4.78, 5) is 12.1. The number of thiophene rings is 1. The van der Waals surface area contributed by atoms with Crippen molar-refractivity contribution in [3.05, 3.63) is 17.0 Å². The van der Waals surface area contributed by atoms with Gasteiger partial charge in [-0.2, -0.15) is 0 Å². The minimum atomic E-state index is -1.03. The molecule has 0 amide bonds. The Morgan fingerprint density at radius 3 is 2.73 bits per heavy atom. The van der Waals surface area contributed by atoms with E-state index >= 15 is 0 Å². The molecule has 1 aromatic heterocycles. The number of nitrogens with one attached hydrogen (secondary N) is 1. The van der Waals surface area contributed by atoms with Gasteiger partial charge in [0.15, 0.2) is 0 Å². The molecule has 0 radical (unpaired) electrons. The van der Waals surface area contributed by atoms with Gasteiger partial charge in [-0.05, 0) is 17.9 Å². The summed E-state index contributed by atoms with van der Waals surface area (Å²) in [7, 11) is 0. The summed E-state index contributed by atoms with van der Waals surface area (Å²) >= 11 is 1.51. The molecule has 0 aromatic carbocycles. The zero-order valence-electron chi connectivity index (χ0n) is 13.8. The first kappa shape index (κ1) is 17.3. The smallest absolute Gasteiger partial charge is 0.345 e. The minimum absolute atomic E-state index is 0.0341. The molecule has 2 rings (SSSR count). The fourth-order valence-electron chi connectivity index (χ4n) is 2.54. The second-order valence-corrected chi connectivity index (χ2v) is 7.03. The topological polar surface area (TPSA) is 47.6 Å². The second kappa shape index (κ2) is 7.97. The van der Waals surface area contributed by atoms with Crippen molar-refractivity contribution in [1.82, 2.24) is 0 Å². The third-order valence-electron chi connectivity index (χ3n) is 3.99. The number of anilines is 1. The zero-order valence-corrected chi connectivity index (χ0v) is 14.6. The van der Waals surface area contributed by atoms with Gasteiger partial charge in [0, 0.05) is 5.92 Å². The maximum atomic E-state index is 12.1. The Hall–Kier alpha value is -1.07. The summed E-state index contributed by atoms with van der Waals surface area (Å²) in [6, 6.07) is 1.79. The van der Waals surface area contributed by atoms with Crippen LogP contribution in [0, 0.1) is 5.92 Å². The number of unbranched alkanes of at least 4 members (excludes halogenated alkanes) is 5. The van der Waals surface area contributed by atoms with Crippen LogP contribution < -0.4 is 5.32 Å². The molecule has 0 aliphatic carbocycles. The van der Waals surface area contributed by atoms with Crippen LogP contribution in [-0.4, -0.2) is 18.5 Å². The molecule has 1 unspecified atom stereocenters. The number of carbonyl (C=O) groups excluding carboxylic acids is 1. The highest BCUT2D eigenvalue weighted by Gasteiger charge is 2.44. The molecule has 1 atom stereocenters. The lowest BCUT2D eigenvalue weighted by molar-refractivity contribution is -0.212. The average molecular weight is 325 g/mol. The number of rotatable bonds is 9. The quantitative estimate of drug-likeness (QED) is 0.512. The number of hydrogen-bond acceptors (Lipinski definition) is 5. The molecule has 1 aliphatic rings. The first-order chi connectivity index (χ1) is 10.6. The summed E-state index contributed by atoms with van der Waals surface area (Å²) in [5.41, 5.74) is 0.601. The molecule has 5 heteroatoms. The normalized spacial score (nSPS) is 20.6. The molecule has 1 N–H and O–H groups in total. The van der Waals surface area contributed by atoms with Gasteiger partial charge in [0.25, 0.3) is 5.91 Å². The summed E-state index contributed by atoms with van der Waals surface area (Å²) < 4.78 is 11.6. The van der Waals surface area contributed by atoms with Gasteiger partial charge in [-0.1, -0.05) is 52.9 Å². The second-order valence-electron chi connectivity index (χ2n) is 6.12. The number of hydrogen-bond donors (Lipinski definition) is 1. The van der Waals surface area contributed by atoms with Crippen LogP contribution in [0.5, 0.6) is 0 Å². The number of carbonyl (C=O) groups is 1. The van der Waals surface area contributed by atoms with Crippen LogP contribution in [0.3, 0.4) is 0 Å². The monoisotopic (exact) mass is 325 g/mol. The molecule has 1 aromatic rings. The van der Waals surface area contributed by atoms with Crippen LogP contribution in [0.1, 0.15) is 69.7 Å². The molecule has 0 fully saturated rings. The van der Waals surface area contributed by atoms with E-state index in [-0.39, 0.29) is 11.9 Å². The van der Waals surface area contributed by atoms with Crippen molar-refractivity contribution in [1.29, 1.82) is 0 Å². The zero-order chi connectivity index (χ0) is 16.0. The molecule has 1 aliphatic heterocycles.